The predicted molar refractivity (Wildman–Crippen MR) is 78.6 cm³/mol. The molecule has 4 nitrogen and oxygen atoms in total. The van der Waals surface area contributed by atoms with E-state index in [0.717, 1.165) is 18.4 Å². The molecule has 2 rings (SSSR count). The molecule has 1 aromatic rings. The van der Waals surface area contributed by atoms with Gasteiger partial charge in [0.2, 0.25) is 0 Å². The Labute approximate surface area is 119 Å². The summed E-state index contributed by atoms with van der Waals surface area (Å²) in [7, 11) is 1.47. The highest BCUT2D eigenvalue weighted by Crippen LogP contribution is 2.39. The third kappa shape index (κ3) is 3.40. The fourth-order valence-corrected chi connectivity index (χ4v) is 2.43. The molecule has 1 saturated carbocycles. The van der Waals surface area contributed by atoms with Gasteiger partial charge in [-0.1, -0.05) is 6.07 Å². The zero-order valence-electron chi connectivity index (χ0n) is 12.2. The maximum absolute atomic E-state index is 13.6. The lowest BCUT2D eigenvalue weighted by atomic mass is 9.76. The number of nitrogens with zero attached hydrogens (tertiary/aromatic N) is 1. The highest BCUT2D eigenvalue weighted by atomic mass is 19.1. The lowest BCUT2D eigenvalue weighted by molar-refractivity contribution is 0.348. The molecule has 0 radical (unpaired) electrons. The van der Waals surface area contributed by atoms with Gasteiger partial charge in [0.1, 0.15) is 0 Å². The van der Waals surface area contributed by atoms with E-state index < -0.39 is 0 Å². The average Bonchev–Trinajstić information content (AvgIpc) is 2.32. The highest BCUT2D eigenvalue weighted by Gasteiger charge is 2.30. The number of methoxy groups -OCH3 is 1. The molecule has 0 saturated heterocycles. The van der Waals surface area contributed by atoms with Crippen LogP contribution in [0.4, 0.5) is 4.39 Å². The van der Waals surface area contributed by atoms with Crippen LogP contribution >= 0.6 is 0 Å². The summed E-state index contributed by atoms with van der Waals surface area (Å²) in [6.07, 6.45) is 1.82. The number of hydrogen-bond acceptors (Lipinski definition) is 2. The van der Waals surface area contributed by atoms with Gasteiger partial charge in [-0.25, -0.2) is 4.39 Å². The molecule has 0 heterocycles. The van der Waals surface area contributed by atoms with Crippen molar-refractivity contribution in [2.45, 2.75) is 44.7 Å². The average molecular weight is 279 g/mol. The second-order valence-corrected chi connectivity index (χ2v) is 5.53. The molecule has 110 valence electrons. The van der Waals surface area contributed by atoms with E-state index in [1.54, 1.807) is 12.1 Å². The molecular formula is C15H22FN3O. The Morgan fingerprint density at radius 2 is 2.15 bits per heavy atom. The first-order valence-electron chi connectivity index (χ1n) is 6.92. The van der Waals surface area contributed by atoms with Crippen LogP contribution in [0.5, 0.6) is 5.75 Å². The number of ether oxygens (including phenoxy) is 1. The van der Waals surface area contributed by atoms with Crippen molar-refractivity contribution < 1.29 is 9.13 Å². The van der Waals surface area contributed by atoms with Crippen molar-refractivity contribution in [1.29, 1.82) is 0 Å². The summed E-state index contributed by atoms with van der Waals surface area (Å²) < 4.78 is 18.6. The summed E-state index contributed by atoms with van der Waals surface area (Å²) in [5.74, 6) is 0.825. The van der Waals surface area contributed by atoms with Crippen molar-refractivity contribution in [2.75, 3.05) is 7.11 Å². The first-order chi connectivity index (χ1) is 9.49. The number of benzene rings is 1. The minimum Gasteiger partial charge on any atom is -0.494 e. The zero-order valence-corrected chi connectivity index (χ0v) is 12.2. The van der Waals surface area contributed by atoms with Gasteiger partial charge < -0.3 is 15.8 Å². The molecule has 20 heavy (non-hydrogen) atoms. The molecule has 0 aromatic heterocycles. The first-order valence-corrected chi connectivity index (χ1v) is 6.92. The third-order valence-corrected chi connectivity index (χ3v) is 3.52. The van der Waals surface area contributed by atoms with E-state index in [2.05, 4.69) is 10.3 Å². The number of nitrogens with one attached hydrogen (secondary N) is 1. The second kappa shape index (κ2) is 6.11. The van der Waals surface area contributed by atoms with Gasteiger partial charge in [-0.3, -0.25) is 4.99 Å². The van der Waals surface area contributed by atoms with E-state index in [1.807, 2.05) is 19.9 Å². The molecule has 0 atom stereocenters. The Morgan fingerprint density at radius 1 is 1.45 bits per heavy atom. The number of rotatable bonds is 4. The van der Waals surface area contributed by atoms with E-state index in [1.165, 1.54) is 7.11 Å². The van der Waals surface area contributed by atoms with Crippen LogP contribution in [0.1, 0.15) is 38.2 Å². The first kappa shape index (κ1) is 14.6. The maximum Gasteiger partial charge on any atom is 0.189 e. The summed E-state index contributed by atoms with van der Waals surface area (Å²) in [4.78, 5) is 4.42. The third-order valence-electron chi connectivity index (χ3n) is 3.52. The Bertz CT molecular complexity index is 496. The Kier molecular flexibility index (Phi) is 4.47. The van der Waals surface area contributed by atoms with E-state index in [9.17, 15) is 4.39 Å². The van der Waals surface area contributed by atoms with Crippen LogP contribution in [0.3, 0.4) is 0 Å². The van der Waals surface area contributed by atoms with Gasteiger partial charge >= 0.3 is 0 Å². The van der Waals surface area contributed by atoms with Crippen molar-refractivity contribution in [3.05, 3.63) is 29.6 Å². The van der Waals surface area contributed by atoms with Crippen molar-refractivity contribution >= 4 is 5.96 Å². The van der Waals surface area contributed by atoms with Crippen LogP contribution in [0.2, 0.25) is 0 Å². The van der Waals surface area contributed by atoms with E-state index in [0.29, 0.717) is 11.9 Å². The molecule has 0 bridgehead atoms. The number of nitrogens with two attached hydrogens (primary N) is 1. The van der Waals surface area contributed by atoms with Crippen molar-refractivity contribution in [3.8, 4) is 5.75 Å². The van der Waals surface area contributed by atoms with Crippen LogP contribution in [0.15, 0.2) is 23.2 Å². The predicted octanol–water partition coefficient (Wildman–Crippen LogP) is 2.39. The molecule has 0 amide bonds. The number of guanidine groups is 1. The number of aliphatic imine (C=N–C) groups is 1. The number of hydrogen-bond donors (Lipinski definition) is 2. The van der Waals surface area contributed by atoms with Gasteiger partial charge in [-0.05, 0) is 50.3 Å². The highest BCUT2D eigenvalue weighted by molar-refractivity contribution is 5.78. The van der Waals surface area contributed by atoms with Crippen molar-refractivity contribution in [1.82, 2.24) is 5.32 Å². The molecule has 5 heteroatoms. The minimum absolute atomic E-state index is 0.233. The van der Waals surface area contributed by atoms with Crippen molar-refractivity contribution in [2.24, 2.45) is 10.7 Å². The van der Waals surface area contributed by atoms with Gasteiger partial charge in [0.15, 0.2) is 17.5 Å². The Balaban J connectivity index is 1.91. The van der Waals surface area contributed by atoms with E-state index in [-0.39, 0.29) is 23.7 Å². The van der Waals surface area contributed by atoms with Crippen molar-refractivity contribution in [3.63, 3.8) is 0 Å². The molecular weight excluding hydrogens is 257 g/mol. The van der Waals surface area contributed by atoms with E-state index in [4.69, 9.17) is 10.5 Å². The largest absolute Gasteiger partial charge is 0.494 e. The molecule has 1 aliphatic carbocycles. The summed E-state index contributed by atoms with van der Waals surface area (Å²) in [5.41, 5.74) is 6.80. The SMILES string of the molecule is COc1ccc(C2CC(N=C(N)NC(C)C)C2)cc1F. The normalized spacial score (nSPS) is 22.6. The van der Waals surface area contributed by atoms with Gasteiger partial charge in [-0.15, -0.1) is 0 Å². The molecule has 1 fully saturated rings. The minimum atomic E-state index is -0.307. The summed E-state index contributed by atoms with van der Waals surface area (Å²) in [6, 6.07) is 5.67. The lowest BCUT2D eigenvalue weighted by Crippen LogP contribution is -2.39. The fourth-order valence-electron chi connectivity index (χ4n) is 2.43. The van der Waals surface area contributed by atoms with E-state index >= 15 is 0 Å². The maximum atomic E-state index is 13.6. The topological polar surface area (TPSA) is 59.6 Å². The monoisotopic (exact) mass is 279 g/mol. The smallest absolute Gasteiger partial charge is 0.189 e. The molecule has 0 unspecified atom stereocenters. The van der Waals surface area contributed by atoms with Crippen LogP contribution < -0.4 is 15.8 Å². The standard InChI is InChI=1S/C15H22FN3O/c1-9(2)18-15(17)19-12-6-11(7-12)10-4-5-14(20-3)13(16)8-10/h4-5,8-9,11-12H,6-7H2,1-3H3,(H3,17,18,19). The van der Waals surface area contributed by atoms with Crippen LogP contribution in [0.25, 0.3) is 0 Å². The summed E-state index contributed by atoms with van der Waals surface area (Å²) in [5, 5.41) is 3.07. The van der Waals surface area contributed by atoms with Gasteiger partial charge in [0.25, 0.3) is 0 Å². The van der Waals surface area contributed by atoms with Gasteiger partial charge in [0.05, 0.1) is 13.2 Å². The molecule has 1 aromatic carbocycles. The van der Waals surface area contributed by atoms with Crippen LogP contribution in [-0.4, -0.2) is 25.2 Å². The molecule has 3 N–H and O–H groups in total. The summed E-state index contributed by atoms with van der Waals surface area (Å²) >= 11 is 0. The molecule has 0 spiro atoms. The lowest BCUT2D eigenvalue weighted by Gasteiger charge is -2.33. The quantitative estimate of drug-likeness (QED) is 0.657. The number of halogens is 1. The second-order valence-electron chi connectivity index (χ2n) is 5.53. The Morgan fingerprint density at radius 3 is 2.70 bits per heavy atom. The summed E-state index contributed by atoms with van der Waals surface area (Å²) in [6.45, 7) is 4.04. The van der Waals surface area contributed by atoms with Crippen LogP contribution in [0, 0.1) is 5.82 Å². The van der Waals surface area contributed by atoms with Crippen LogP contribution in [-0.2, 0) is 0 Å². The fraction of sp³-hybridized carbons (Fsp3) is 0.533. The molecule has 1 aliphatic rings. The zero-order chi connectivity index (χ0) is 14.7. The van der Waals surface area contributed by atoms with Gasteiger partial charge in [-0.2, -0.15) is 0 Å². The van der Waals surface area contributed by atoms with Gasteiger partial charge in [0, 0.05) is 6.04 Å². The Hall–Kier alpha value is -1.78. The molecule has 0 aliphatic heterocycles.